The van der Waals surface area contributed by atoms with Crippen LogP contribution in [-0.2, 0) is 19.6 Å². The van der Waals surface area contributed by atoms with Crippen LogP contribution in [0, 0.1) is 0 Å². The number of hydrogen-bond acceptors (Lipinski definition) is 6. The second-order valence-corrected chi connectivity index (χ2v) is 8.59. The minimum absolute atomic E-state index is 0.0246. The molecule has 0 aliphatic rings. The van der Waals surface area contributed by atoms with Crippen molar-refractivity contribution < 1.29 is 27.5 Å². The summed E-state index contributed by atoms with van der Waals surface area (Å²) in [7, 11) is -2.58. The highest BCUT2D eigenvalue weighted by molar-refractivity contribution is 7.92. The Morgan fingerprint density at radius 1 is 0.969 bits per heavy atom. The zero-order valence-electron chi connectivity index (χ0n) is 16.9. The quantitative estimate of drug-likeness (QED) is 0.478. The molecule has 0 fully saturated rings. The molecule has 3 rings (SSSR count). The Hall–Kier alpha value is -3.56. The van der Waals surface area contributed by atoms with Gasteiger partial charge in [0.2, 0.25) is 0 Å². The summed E-state index contributed by atoms with van der Waals surface area (Å²) in [6, 6.07) is 18.3. The number of carbonyl (C=O) groups is 2. The van der Waals surface area contributed by atoms with Crippen LogP contribution in [-0.4, -0.2) is 34.0 Å². The van der Waals surface area contributed by atoms with Crippen molar-refractivity contribution in [3.63, 3.8) is 0 Å². The molecule has 1 amide bonds. The average Bonchev–Trinajstić information content (AvgIpc) is 2.77. The third-order valence-electron chi connectivity index (χ3n) is 4.17. The summed E-state index contributed by atoms with van der Waals surface area (Å²) in [5.74, 6) is -1.07. The van der Waals surface area contributed by atoms with Gasteiger partial charge in [0.05, 0.1) is 23.3 Å². The first kappa shape index (κ1) is 23.1. The SMILES string of the molecule is COc1ccccc1NS(=O)(=O)c1cccc(C(=O)OCC(=O)Nc2cccc(Cl)c2)c1. The molecule has 2 N–H and O–H groups in total. The summed E-state index contributed by atoms with van der Waals surface area (Å²) in [6.45, 7) is -0.554. The molecule has 3 aromatic rings. The van der Waals surface area contributed by atoms with Crippen LogP contribution < -0.4 is 14.8 Å². The van der Waals surface area contributed by atoms with Crippen LogP contribution in [0.3, 0.4) is 0 Å². The van der Waals surface area contributed by atoms with Gasteiger partial charge in [-0.15, -0.1) is 0 Å². The molecule has 32 heavy (non-hydrogen) atoms. The predicted octanol–water partition coefficient (Wildman–Crippen LogP) is 3.94. The second-order valence-electron chi connectivity index (χ2n) is 6.47. The van der Waals surface area contributed by atoms with E-state index in [2.05, 4.69) is 10.0 Å². The minimum atomic E-state index is -4.01. The molecule has 0 heterocycles. The molecule has 3 aromatic carbocycles. The number of sulfonamides is 1. The number of esters is 1. The molecule has 0 atom stereocenters. The number of methoxy groups -OCH3 is 1. The molecule has 166 valence electrons. The standard InChI is InChI=1S/C22H19ClN2O6S/c1-30-20-11-3-2-10-19(20)25-32(28,29)18-9-4-6-15(12-18)22(27)31-14-21(26)24-17-8-5-7-16(23)13-17/h2-13,25H,14H2,1H3,(H,24,26). The highest BCUT2D eigenvalue weighted by Crippen LogP contribution is 2.26. The van der Waals surface area contributed by atoms with Gasteiger partial charge in [-0.05, 0) is 48.5 Å². The zero-order valence-corrected chi connectivity index (χ0v) is 18.4. The van der Waals surface area contributed by atoms with Crippen molar-refractivity contribution in [1.82, 2.24) is 0 Å². The second kappa shape index (κ2) is 10.2. The van der Waals surface area contributed by atoms with Crippen LogP contribution in [0.15, 0.2) is 77.7 Å². The number of para-hydroxylation sites is 2. The van der Waals surface area contributed by atoms with Crippen LogP contribution in [0.5, 0.6) is 5.75 Å². The molecule has 0 bridgehead atoms. The highest BCUT2D eigenvalue weighted by atomic mass is 35.5. The molecule has 0 spiro atoms. The Morgan fingerprint density at radius 2 is 1.72 bits per heavy atom. The maximum Gasteiger partial charge on any atom is 0.338 e. The fraction of sp³-hybridized carbons (Fsp3) is 0.0909. The van der Waals surface area contributed by atoms with Crippen LogP contribution in [0.2, 0.25) is 5.02 Å². The van der Waals surface area contributed by atoms with Gasteiger partial charge >= 0.3 is 5.97 Å². The largest absolute Gasteiger partial charge is 0.495 e. The molecule has 0 aromatic heterocycles. The molecular formula is C22H19ClN2O6S. The lowest BCUT2D eigenvalue weighted by atomic mass is 10.2. The van der Waals surface area contributed by atoms with Crippen molar-refractivity contribution in [3.05, 3.63) is 83.4 Å². The Morgan fingerprint density at radius 3 is 2.47 bits per heavy atom. The lowest BCUT2D eigenvalue weighted by Crippen LogP contribution is -2.21. The monoisotopic (exact) mass is 474 g/mol. The van der Waals surface area contributed by atoms with Crippen LogP contribution in [0.4, 0.5) is 11.4 Å². The Kier molecular flexibility index (Phi) is 7.34. The maximum atomic E-state index is 12.7. The smallest absolute Gasteiger partial charge is 0.338 e. The third-order valence-corrected chi connectivity index (χ3v) is 5.77. The summed E-state index contributed by atoms with van der Waals surface area (Å²) in [5.41, 5.74) is 0.679. The molecule has 0 unspecified atom stereocenters. The number of carbonyl (C=O) groups excluding carboxylic acids is 2. The maximum absolute atomic E-state index is 12.7. The summed E-state index contributed by atoms with van der Waals surface area (Å²) in [5, 5.41) is 2.99. The van der Waals surface area contributed by atoms with Crippen LogP contribution in [0.25, 0.3) is 0 Å². The predicted molar refractivity (Wildman–Crippen MR) is 121 cm³/mol. The van der Waals surface area contributed by atoms with E-state index < -0.39 is 28.5 Å². The van der Waals surface area contributed by atoms with E-state index in [1.165, 1.54) is 25.3 Å². The van der Waals surface area contributed by atoms with Gasteiger partial charge < -0.3 is 14.8 Å². The van der Waals surface area contributed by atoms with E-state index in [1.54, 1.807) is 48.5 Å². The first-order valence-electron chi connectivity index (χ1n) is 9.27. The van der Waals surface area contributed by atoms with Crippen molar-refractivity contribution in [2.45, 2.75) is 4.90 Å². The first-order valence-corrected chi connectivity index (χ1v) is 11.1. The summed E-state index contributed by atoms with van der Waals surface area (Å²) in [6.07, 6.45) is 0. The van der Waals surface area contributed by atoms with Gasteiger partial charge in [-0.3, -0.25) is 9.52 Å². The number of hydrogen-bond donors (Lipinski definition) is 2. The fourth-order valence-electron chi connectivity index (χ4n) is 2.70. The van der Waals surface area contributed by atoms with Crippen molar-refractivity contribution >= 4 is 44.9 Å². The lowest BCUT2D eigenvalue weighted by molar-refractivity contribution is -0.119. The molecule has 10 heteroatoms. The van der Waals surface area contributed by atoms with Crippen molar-refractivity contribution in [2.75, 3.05) is 23.8 Å². The van der Waals surface area contributed by atoms with Crippen molar-refractivity contribution in [2.24, 2.45) is 0 Å². The zero-order chi connectivity index (χ0) is 23.1. The Balaban J connectivity index is 1.66. The summed E-state index contributed by atoms with van der Waals surface area (Å²) in [4.78, 5) is 24.2. The summed E-state index contributed by atoms with van der Waals surface area (Å²) >= 11 is 5.86. The van der Waals surface area contributed by atoms with Gasteiger partial charge in [0.25, 0.3) is 15.9 Å². The number of ether oxygens (including phenoxy) is 2. The molecule has 0 radical (unpaired) electrons. The van der Waals surface area contributed by atoms with Crippen LogP contribution >= 0.6 is 11.6 Å². The normalized spacial score (nSPS) is 10.8. The van der Waals surface area contributed by atoms with Crippen molar-refractivity contribution in [1.29, 1.82) is 0 Å². The number of halogens is 1. The lowest BCUT2D eigenvalue weighted by Gasteiger charge is -2.12. The Labute approximate surface area is 190 Å². The van der Waals surface area contributed by atoms with E-state index in [4.69, 9.17) is 21.1 Å². The summed E-state index contributed by atoms with van der Waals surface area (Å²) < 4.78 is 38.1. The van der Waals surface area contributed by atoms with Crippen molar-refractivity contribution in [3.8, 4) is 5.75 Å². The number of benzene rings is 3. The number of nitrogens with one attached hydrogen (secondary N) is 2. The molecule has 0 aliphatic carbocycles. The number of anilines is 2. The van der Waals surface area contributed by atoms with Crippen LogP contribution in [0.1, 0.15) is 10.4 Å². The van der Waals surface area contributed by atoms with E-state index in [-0.39, 0.29) is 16.1 Å². The topological polar surface area (TPSA) is 111 Å². The van der Waals surface area contributed by atoms with E-state index in [1.807, 2.05) is 0 Å². The molecule has 0 saturated heterocycles. The van der Waals surface area contributed by atoms with Gasteiger partial charge in [-0.2, -0.15) is 0 Å². The molecule has 0 saturated carbocycles. The Bertz CT molecular complexity index is 1250. The first-order chi connectivity index (χ1) is 15.3. The van der Waals surface area contributed by atoms with E-state index in [0.717, 1.165) is 6.07 Å². The molecule has 0 aliphatic heterocycles. The van der Waals surface area contributed by atoms with Gasteiger partial charge in [0, 0.05) is 10.7 Å². The average molecular weight is 475 g/mol. The van der Waals surface area contributed by atoms with E-state index >= 15 is 0 Å². The number of rotatable bonds is 8. The molecule has 8 nitrogen and oxygen atoms in total. The minimum Gasteiger partial charge on any atom is -0.495 e. The van der Waals surface area contributed by atoms with Gasteiger partial charge in [-0.25, -0.2) is 13.2 Å². The molecular weight excluding hydrogens is 456 g/mol. The van der Waals surface area contributed by atoms with E-state index in [9.17, 15) is 18.0 Å². The van der Waals surface area contributed by atoms with Gasteiger partial charge in [0.1, 0.15) is 5.75 Å². The highest BCUT2D eigenvalue weighted by Gasteiger charge is 2.19. The van der Waals surface area contributed by atoms with E-state index in [0.29, 0.717) is 16.5 Å². The number of amides is 1. The van der Waals surface area contributed by atoms with Gasteiger partial charge in [0.15, 0.2) is 6.61 Å². The third kappa shape index (κ3) is 5.99. The fourth-order valence-corrected chi connectivity index (χ4v) is 4.01. The van der Waals surface area contributed by atoms with Gasteiger partial charge in [-0.1, -0.05) is 35.9 Å².